The zero-order valence-corrected chi connectivity index (χ0v) is 19.6. The van der Waals surface area contributed by atoms with Crippen LogP contribution in [0.4, 0.5) is 0 Å². The first-order chi connectivity index (χ1) is 15.4. The Kier molecular flexibility index (Phi) is 6.89. The lowest BCUT2D eigenvalue weighted by molar-refractivity contribution is -0.134. The van der Waals surface area contributed by atoms with Crippen LogP contribution in [0.1, 0.15) is 55.3 Å². The lowest BCUT2D eigenvalue weighted by atomic mass is 10.0. The van der Waals surface area contributed by atoms with Crippen molar-refractivity contribution in [2.75, 3.05) is 7.11 Å². The van der Waals surface area contributed by atoms with Gasteiger partial charge in [0.2, 0.25) is 0 Å². The molecule has 4 rings (SSSR count). The van der Waals surface area contributed by atoms with Crippen molar-refractivity contribution in [3.63, 3.8) is 0 Å². The van der Waals surface area contributed by atoms with Crippen molar-refractivity contribution in [2.45, 2.75) is 63.3 Å². The van der Waals surface area contributed by atoms with Crippen LogP contribution in [0.2, 0.25) is 0 Å². The molecule has 1 atom stereocenters. The second kappa shape index (κ2) is 9.81. The van der Waals surface area contributed by atoms with Gasteiger partial charge in [-0.15, -0.1) is 0 Å². The Hall–Kier alpha value is -2.74. The maximum atomic E-state index is 12.9. The molecule has 1 aliphatic carbocycles. The average Bonchev–Trinajstić information content (AvgIpc) is 3.44. The van der Waals surface area contributed by atoms with Crippen LogP contribution < -0.4 is 9.47 Å². The van der Waals surface area contributed by atoms with Gasteiger partial charge < -0.3 is 14.5 Å². The maximum absolute atomic E-state index is 12.9. The van der Waals surface area contributed by atoms with E-state index in [9.17, 15) is 9.00 Å². The predicted octanol–water partition coefficient (Wildman–Crippen LogP) is 4.77. The molecule has 1 N–H and O–H groups in total. The van der Waals surface area contributed by atoms with E-state index in [1.54, 1.807) is 31.5 Å². The van der Waals surface area contributed by atoms with Gasteiger partial charge in [-0.2, -0.15) is 0 Å². The number of ether oxygens (including phenoxy) is 2. The third-order valence-electron chi connectivity index (χ3n) is 6.13. The largest absolute Gasteiger partial charge is 0.496 e. The van der Waals surface area contributed by atoms with Crippen LogP contribution in [0.25, 0.3) is 11.0 Å². The molecule has 3 aromatic rings. The van der Waals surface area contributed by atoms with E-state index in [0.29, 0.717) is 40.0 Å². The summed E-state index contributed by atoms with van der Waals surface area (Å²) >= 11 is 0. The number of H-pyrrole nitrogens is 1. The van der Waals surface area contributed by atoms with Crippen molar-refractivity contribution >= 4 is 27.8 Å². The third kappa shape index (κ3) is 5.01. The third-order valence-corrected chi connectivity index (χ3v) is 7.29. The Morgan fingerprint density at radius 1 is 1.25 bits per heavy atom. The standard InChI is InChI=1S/C24H29N3O4S/c1-15-13-25-21(16(2)23(15)30-3)14-32(29)24-26-19-10-9-18(12-20(19)27-24)31-22(28)11-8-17-6-4-5-7-17/h9-10,12-13,17H,4-8,11,14H2,1-3H3,(H,26,27). The van der Waals surface area contributed by atoms with E-state index in [4.69, 9.17) is 9.47 Å². The molecule has 0 bridgehead atoms. The van der Waals surface area contributed by atoms with Crippen LogP contribution in [-0.4, -0.2) is 32.2 Å². The number of fused-ring (bicyclic) bond motifs is 1. The summed E-state index contributed by atoms with van der Waals surface area (Å²) in [6, 6.07) is 5.22. The van der Waals surface area contributed by atoms with Crippen LogP contribution in [0.3, 0.4) is 0 Å². The first-order valence-corrected chi connectivity index (χ1v) is 12.3. The first kappa shape index (κ1) is 22.5. The van der Waals surface area contributed by atoms with E-state index >= 15 is 0 Å². The molecule has 1 aliphatic rings. The lowest BCUT2D eigenvalue weighted by Crippen LogP contribution is -2.09. The molecule has 2 aromatic heterocycles. The number of nitrogens with zero attached hydrogens (tertiary/aromatic N) is 2. The second-order valence-electron chi connectivity index (χ2n) is 8.42. The summed E-state index contributed by atoms with van der Waals surface area (Å²) in [5, 5.41) is 0.366. The summed E-state index contributed by atoms with van der Waals surface area (Å²) in [4.78, 5) is 24.2. The molecule has 32 heavy (non-hydrogen) atoms. The van der Waals surface area contributed by atoms with Gasteiger partial charge >= 0.3 is 5.97 Å². The molecule has 170 valence electrons. The predicted molar refractivity (Wildman–Crippen MR) is 123 cm³/mol. The van der Waals surface area contributed by atoms with Gasteiger partial charge in [-0.1, -0.05) is 25.7 Å². The fraction of sp³-hybridized carbons (Fsp3) is 0.458. The van der Waals surface area contributed by atoms with E-state index in [2.05, 4.69) is 15.0 Å². The summed E-state index contributed by atoms with van der Waals surface area (Å²) in [7, 11) is 0.211. The van der Waals surface area contributed by atoms with Crippen molar-refractivity contribution in [3.05, 3.63) is 41.2 Å². The first-order valence-electron chi connectivity index (χ1n) is 11.0. The molecule has 1 saturated carbocycles. The van der Waals surface area contributed by atoms with E-state index in [1.807, 2.05) is 13.8 Å². The van der Waals surface area contributed by atoms with Crippen molar-refractivity contribution in [3.8, 4) is 11.5 Å². The van der Waals surface area contributed by atoms with Gasteiger partial charge in [-0.25, -0.2) is 4.98 Å². The molecule has 0 amide bonds. The quantitative estimate of drug-likeness (QED) is 0.388. The van der Waals surface area contributed by atoms with Crippen LogP contribution >= 0.6 is 0 Å². The molecular weight excluding hydrogens is 426 g/mol. The van der Waals surface area contributed by atoms with Gasteiger partial charge in [0, 0.05) is 29.8 Å². The number of aryl methyl sites for hydroxylation is 1. The van der Waals surface area contributed by atoms with Crippen molar-refractivity contribution in [1.29, 1.82) is 0 Å². The highest BCUT2D eigenvalue weighted by Crippen LogP contribution is 2.29. The fourth-order valence-electron chi connectivity index (χ4n) is 4.35. The minimum Gasteiger partial charge on any atom is -0.496 e. The normalized spacial score (nSPS) is 15.2. The van der Waals surface area contributed by atoms with Gasteiger partial charge in [0.25, 0.3) is 0 Å². The smallest absolute Gasteiger partial charge is 0.311 e. The number of esters is 1. The topological polar surface area (TPSA) is 94.2 Å². The highest BCUT2D eigenvalue weighted by atomic mass is 32.2. The number of carbonyl (C=O) groups excluding carboxylic acids is 1. The number of imidazole rings is 1. The molecule has 1 fully saturated rings. The van der Waals surface area contributed by atoms with E-state index in [1.165, 1.54) is 25.7 Å². The molecule has 0 spiro atoms. The Morgan fingerprint density at radius 3 is 2.78 bits per heavy atom. The number of aromatic nitrogens is 3. The summed E-state index contributed by atoms with van der Waals surface area (Å²) in [5.41, 5.74) is 3.88. The Morgan fingerprint density at radius 2 is 2.03 bits per heavy atom. The molecule has 0 radical (unpaired) electrons. The van der Waals surface area contributed by atoms with E-state index in [-0.39, 0.29) is 11.7 Å². The minimum atomic E-state index is -1.41. The molecule has 8 heteroatoms. The highest BCUT2D eigenvalue weighted by molar-refractivity contribution is 7.84. The number of hydrogen-bond donors (Lipinski definition) is 1. The number of benzene rings is 1. The Balaban J connectivity index is 1.43. The fourth-order valence-corrected chi connectivity index (χ4v) is 5.45. The molecule has 0 aliphatic heterocycles. The molecule has 2 heterocycles. The molecular formula is C24H29N3O4S. The summed E-state index contributed by atoms with van der Waals surface area (Å²) in [6.45, 7) is 3.84. The van der Waals surface area contributed by atoms with Crippen LogP contribution in [0.5, 0.6) is 11.5 Å². The summed E-state index contributed by atoms with van der Waals surface area (Å²) in [6.07, 6.45) is 8.04. The van der Waals surface area contributed by atoms with Crippen LogP contribution in [0.15, 0.2) is 29.6 Å². The maximum Gasteiger partial charge on any atom is 0.311 e. The van der Waals surface area contributed by atoms with Gasteiger partial charge in [-0.3, -0.25) is 14.0 Å². The molecule has 1 aromatic carbocycles. The van der Waals surface area contributed by atoms with Crippen LogP contribution in [-0.2, 0) is 21.3 Å². The van der Waals surface area contributed by atoms with Gasteiger partial charge in [0.05, 0.1) is 40.4 Å². The highest BCUT2D eigenvalue weighted by Gasteiger charge is 2.18. The Bertz CT molecular complexity index is 1150. The monoisotopic (exact) mass is 455 g/mol. The number of carbonyl (C=O) groups is 1. The minimum absolute atomic E-state index is 0.213. The number of hydrogen-bond acceptors (Lipinski definition) is 6. The number of rotatable bonds is 8. The van der Waals surface area contributed by atoms with Crippen molar-refractivity contribution < 1.29 is 18.5 Å². The average molecular weight is 456 g/mol. The molecule has 1 unspecified atom stereocenters. The molecule has 7 nitrogen and oxygen atoms in total. The Labute approximate surface area is 190 Å². The van der Waals surface area contributed by atoms with Crippen LogP contribution in [0, 0.1) is 19.8 Å². The SMILES string of the molecule is COc1c(C)cnc(CS(=O)c2nc3ccc(OC(=O)CCC4CCCC4)cc3[nH]2)c1C. The zero-order chi connectivity index (χ0) is 22.7. The number of nitrogens with one attached hydrogen (secondary N) is 1. The van der Waals surface area contributed by atoms with Crippen molar-refractivity contribution in [1.82, 2.24) is 15.0 Å². The van der Waals surface area contributed by atoms with Gasteiger partial charge in [-0.05, 0) is 38.3 Å². The zero-order valence-electron chi connectivity index (χ0n) is 18.8. The van der Waals surface area contributed by atoms with Gasteiger partial charge in [0.15, 0.2) is 5.16 Å². The number of methoxy groups -OCH3 is 1. The summed E-state index contributed by atoms with van der Waals surface area (Å²) in [5.74, 6) is 1.90. The number of pyridine rings is 1. The summed E-state index contributed by atoms with van der Waals surface area (Å²) < 4.78 is 23.9. The molecule has 0 saturated heterocycles. The van der Waals surface area contributed by atoms with E-state index in [0.717, 1.165) is 23.3 Å². The second-order valence-corrected chi connectivity index (χ2v) is 9.79. The lowest BCUT2D eigenvalue weighted by Gasteiger charge is -2.11. The van der Waals surface area contributed by atoms with Gasteiger partial charge in [0.1, 0.15) is 11.5 Å². The van der Waals surface area contributed by atoms with Crippen molar-refractivity contribution in [2.24, 2.45) is 5.92 Å². The number of aromatic amines is 1. The van der Waals surface area contributed by atoms with E-state index < -0.39 is 10.8 Å².